The van der Waals surface area contributed by atoms with Gasteiger partial charge in [0.25, 0.3) is 0 Å². The molecule has 42 heavy (non-hydrogen) atoms. The third-order valence-electron chi connectivity index (χ3n) is 10.6. The predicted molar refractivity (Wildman–Crippen MR) is 161 cm³/mol. The van der Waals surface area contributed by atoms with Crippen LogP contribution in [0.25, 0.3) is 0 Å². The summed E-state index contributed by atoms with van der Waals surface area (Å²) in [5.41, 5.74) is 7.81. The van der Waals surface area contributed by atoms with E-state index in [0.29, 0.717) is 35.7 Å². The average molecular weight is 571 g/mol. The summed E-state index contributed by atoms with van der Waals surface area (Å²) in [4.78, 5) is 46.9. The zero-order chi connectivity index (χ0) is 30.1. The first kappa shape index (κ1) is 29.9. The monoisotopic (exact) mass is 570 g/mol. The van der Waals surface area contributed by atoms with Gasteiger partial charge in [0.15, 0.2) is 5.78 Å². The molecule has 0 spiro atoms. The first-order valence-corrected chi connectivity index (χ1v) is 15.4. The predicted octanol–water partition coefficient (Wildman–Crippen LogP) is 6.79. The van der Waals surface area contributed by atoms with Gasteiger partial charge in [0, 0.05) is 24.7 Å². The minimum Gasteiger partial charge on any atom is -0.465 e. The fraction of sp³-hybridized carbons (Fsp3) is 0.500. The molecule has 2 aromatic rings. The number of methoxy groups -OCH3 is 2. The Hall–Kier alpha value is -3.54. The molecule has 0 amide bonds. The van der Waals surface area contributed by atoms with E-state index in [1.807, 2.05) is 30.3 Å². The summed E-state index contributed by atoms with van der Waals surface area (Å²) >= 11 is 0. The molecular weight excluding hydrogens is 528 g/mol. The molecule has 6 nitrogen and oxygen atoms in total. The van der Waals surface area contributed by atoms with Gasteiger partial charge in [-0.15, -0.1) is 0 Å². The second-order valence-corrected chi connectivity index (χ2v) is 12.3. The summed E-state index contributed by atoms with van der Waals surface area (Å²) in [7, 11) is 2.82. The molecule has 0 bridgehead atoms. The zero-order valence-electron chi connectivity index (χ0n) is 25.3. The fourth-order valence-electron chi connectivity index (χ4n) is 8.29. The maximum Gasteiger partial charge on any atom is 0.337 e. The lowest BCUT2D eigenvalue weighted by atomic mass is 9.56. The molecule has 0 aliphatic heterocycles. The number of hydrogen-bond acceptors (Lipinski definition) is 6. The van der Waals surface area contributed by atoms with E-state index in [9.17, 15) is 19.2 Å². The quantitative estimate of drug-likeness (QED) is 0.376. The van der Waals surface area contributed by atoms with Crippen molar-refractivity contribution < 1.29 is 28.7 Å². The number of benzene rings is 2. The minimum atomic E-state index is -0.288. The third kappa shape index (κ3) is 5.14. The molecule has 2 aromatic carbocycles. The van der Waals surface area contributed by atoms with Crippen molar-refractivity contribution in [2.45, 2.75) is 95.3 Å². The number of allylic oxidation sites excluding steroid dienone is 2. The van der Waals surface area contributed by atoms with Gasteiger partial charge in [0.05, 0.1) is 25.3 Å². The number of esters is 2. The molecule has 0 aromatic heterocycles. The van der Waals surface area contributed by atoms with Crippen molar-refractivity contribution in [1.29, 1.82) is 0 Å². The molecule has 3 atom stereocenters. The summed E-state index contributed by atoms with van der Waals surface area (Å²) < 4.78 is 9.62. The molecule has 6 heteroatoms. The number of fused-ring (bicyclic) bond motifs is 6. The Balaban J connectivity index is 0.000000168. The van der Waals surface area contributed by atoms with Gasteiger partial charge >= 0.3 is 11.9 Å². The molecule has 1 fully saturated rings. The largest absolute Gasteiger partial charge is 0.465 e. The van der Waals surface area contributed by atoms with Gasteiger partial charge in [-0.25, -0.2) is 9.59 Å². The molecule has 4 aliphatic carbocycles. The molecule has 0 N–H and O–H groups in total. The van der Waals surface area contributed by atoms with Crippen LogP contribution in [0.1, 0.15) is 115 Å². The molecular formula is C36H42O6. The van der Waals surface area contributed by atoms with Gasteiger partial charge in [0.1, 0.15) is 5.78 Å². The number of Topliss-reactive ketones (excluding diaryl/α,β-unsaturated/α-hetero) is 1. The number of ketones is 2. The van der Waals surface area contributed by atoms with E-state index >= 15 is 0 Å². The number of carbonyl (C=O) groups is 4. The Kier molecular flexibility index (Phi) is 8.54. The lowest BCUT2D eigenvalue weighted by Crippen LogP contribution is -2.43. The van der Waals surface area contributed by atoms with Crippen LogP contribution in [0, 0.1) is 5.92 Å². The molecule has 0 saturated heterocycles. The van der Waals surface area contributed by atoms with Crippen molar-refractivity contribution in [2.75, 3.05) is 14.2 Å². The first-order chi connectivity index (χ1) is 20.2. The Morgan fingerprint density at radius 2 is 1.43 bits per heavy atom. The van der Waals surface area contributed by atoms with Crippen LogP contribution >= 0.6 is 0 Å². The van der Waals surface area contributed by atoms with Gasteiger partial charge in [-0.2, -0.15) is 0 Å². The van der Waals surface area contributed by atoms with E-state index in [-0.39, 0.29) is 28.6 Å². The Morgan fingerprint density at radius 3 is 2.05 bits per heavy atom. The average Bonchev–Trinajstić information content (AvgIpc) is 3.03. The molecule has 0 unspecified atom stereocenters. The van der Waals surface area contributed by atoms with Crippen molar-refractivity contribution in [2.24, 2.45) is 5.92 Å². The number of ether oxygens (including phenoxy) is 2. The number of aryl methyl sites for hydroxylation is 2. The lowest BCUT2D eigenvalue weighted by Gasteiger charge is -2.48. The van der Waals surface area contributed by atoms with Gasteiger partial charge in [0.2, 0.25) is 0 Å². The van der Waals surface area contributed by atoms with Crippen LogP contribution in [0.4, 0.5) is 0 Å². The van der Waals surface area contributed by atoms with Gasteiger partial charge in [-0.1, -0.05) is 31.6 Å². The van der Waals surface area contributed by atoms with E-state index < -0.39 is 0 Å². The Bertz CT molecular complexity index is 1450. The van der Waals surface area contributed by atoms with Crippen LogP contribution in [0.5, 0.6) is 0 Å². The van der Waals surface area contributed by atoms with Crippen LogP contribution in [0.2, 0.25) is 0 Å². The van der Waals surface area contributed by atoms with Crippen LogP contribution in [-0.4, -0.2) is 37.7 Å². The van der Waals surface area contributed by atoms with E-state index in [0.717, 1.165) is 57.8 Å². The summed E-state index contributed by atoms with van der Waals surface area (Å²) in [6.07, 6.45) is 11.6. The van der Waals surface area contributed by atoms with Crippen molar-refractivity contribution >= 4 is 23.5 Å². The van der Waals surface area contributed by atoms with Crippen molar-refractivity contribution in [3.8, 4) is 0 Å². The van der Waals surface area contributed by atoms with E-state index in [1.54, 1.807) is 0 Å². The smallest absolute Gasteiger partial charge is 0.337 e. The van der Waals surface area contributed by atoms with Crippen LogP contribution in [0.3, 0.4) is 0 Å². The number of carbonyl (C=O) groups excluding carboxylic acids is 4. The van der Waals surface area contributed by atoms with Gasteiger partial charge in [-0.3, -0.25) is 9.59 Å². The van der Waals surface area contributed by atoms with Crippen LogP contribution < -0.4 is 0 Å². The Morgan fingerprint density at radius 1 is 0.786 bits per heavy atom. The molecule has 6 rings (SSSR count). The third-order valence-corrected chi connectivity index (χ3v) is 10.6. The van der Waals surface area contributed by atoms with E-state index in [4.69, 9.17) is 9.47 Å². The number of rotatable bonds is 4. The van der Waals surface area contributed by atoms with Crippen LogP contribution in [0.15, 0.2) is 48.0 Å². The molecule has 1 saturated carbocycles. The van der Waals surface area contributed by atoms with Crippen molar-refractivity contribution in [1.82, 2.24) is 0 Å². The summed E-state index contributed by atoms with van der Waals surface area (Å²) in [5, 5.41) is 0. The lowest BCUT2D eigenvalue weighted by molar-refractivity contribution is -0.123. The summed E-state index contributed by atoms with van der Waals surface area (Å²) in [5.74, 6) is 0.579. The van der Waals surface area contributed by atoms with Gasteiger partial charge < -0.3 is 9.47 Å². The second kappa shape index (κ2) is 12.0. The maximum atomic E-state index is 11.8. The zero-order valence-corrected chi connectivity index (χ0v) is 25.3. The molecule has 222 valence electrons. The number of hydrogen-bond donors (Lipinski definition) is 0. The highest BCUT2D eigenvalue weighted by molar-refractivity contribution is 5.93. The van der Waals surface area contributed by atoms with Crippen LogP contribution in [-0.2, 0) is 42.7 Å². The van der Waals surface area contributed by atoms with E-state index in [2.05, 4.69) is 26.0 Å². The first-order valence-electron chi connectivity index (χ1n) is 15.4. The van der Waals surface area contributed by atoms with Gasteiger partial charge in [-0.05, 0) is 115 Å². The standard InChI is InChI=1S/C18H22O3.C18H20O3/c2*1-3-18-9-8-15(19)11-14(18)6-4-12-10-13(17(20)21-2)5-7-16(12)18/h5,7,10,14H,3-4,6,8-9,11H2,1-2H3;5,7,10-11H,3-4,6,8-9H2,1-2H3/t14-,18+;18-/m01/s1. The molecule has 0 radical (unpaired) electrons. The fourth-order valence-corrected chi connectivity index (χ4v) is 8.29. The SMILES string of the molecule is CC[C@@]12CCC(=O)C=C1CCc1cc(C(=O)OC)ccc12.CC[C@@]12CCC(=O)C[C@@H]1CCc1cc(C(=O)OC)ccc12. The van der Waals surface area contributed by atoms with Crippen molar-refractivity contribution in [3.63, 3.8) is 0 Å². The van der Waals surface area contributed by atoms with Crippen molar-refractivity contribution in [3.05, 3.63) is 81.4 Å². The minimum absolute atomic E-state index is 0.00383. The normalized spacial score (nSPS) is 25.8. The Labute approximate surface area is 248 Å². The topological polar surface area (TPSA) is 86.7 Å². The second-order valence-electron chi connectivity index (χ2n) is 12.3. The van der Waals surface area contributed by atoms with E-state index in [1.165, 1.54) is 42.0 Å². The highest BCUT2D eigenvalue weighted by atomic mass is 16.5. The highest BCUT2D eigenvalue weighted by Gasteiger charge is 2.46. The summed E-state index contributed by atoms with van der Waals surface area (Å²) in [6.45, 7) is 4.42. The molecule has 4 aliphatic rings. The summed E-state index contributed by atoms with van der Waals surface area (Å²) in [6, 6.07) is 11.8. The maximum absolute atomic E-state index is 11.8. The molecule has 0 heterocycles. The highest BCUT2D eigenvalue weighted by Crippen LogP contribution is 2.52.